The molecule has 0 radical (unpaired) electrons. The number of hydrogen-bond acceptors (Lipinski definition) is 4. The second kappa shape index (κ2) is 7.33. The minimum atomic E-state index is -0.863. The minimum absolute atomic E-state index is 0.0235. The number of carbonyl (C=O) groups excluding carboxylic acids is 1. The van der Waals surface area contributed by atoms with E-state index in [2.05, 4.69) is 0 Å². The molecule has 3 atom stereocenters. The van der Waals surface area contributed by atoms with Crippen molar-refractivity contribution in [2.75, 3.05) is 32.1 Å². The van der Waals surface area contributed by atoms with Gasteiger partial charge in [0.2, 0.25) is 5.91 Å². The summed E-state index contributed by atoms with van der Waals surface area (Å²) in [7, 11) is 0. The Kier molecular flexibility index (Phi) is 5.34. The number of nitrogens with zero attached hydrogens (tertiary/aromatic N) is 1. The van der Waals surface area contributed by atoms with Gasteiger partial charge in [-0.1, -0.05) is 6.92 Å². The van der Waals surface area contributed by atoms with E-state index in [4.69, 9.17) is 4.74 Å². The number of amides is 1. The maximum absolute atomic E-state index is 12.9. The molecule has 0 spiro atoms. The van der Waals surface area contributed by atoms with E-state index in [-0.39, 0.29) is 30.1 Å². The molecule has 0 saturated carbocycles. The van der Waals surface area contributed by atoms with Crippen LogP contribution in [-0.4, -0.2) is 53.9 Å². The number of carboxylic acids is 1. The summed E-state index contributed by atoms with van der Waals surface area (Å²) in [4.78, 5) is 27.1. The monoisotopic (exact) mass is 367 g/mol. The third-order valence-corrected chi connectivity index (χ3v) is 6.45. The summed E-state index contributed by atoms with van der Waals surface area (Å²) in [6, 6.07) is 6.18. The molecule has 2 fully saturated rings. The lowest BCUT2D eigenvalue weighted by Gasteiger charge is -2.33. The number of carboxylic acid groups (broad SMARTS) is 1. The van der Waals surface area contributed by atoms with Crippen LogP contribution >= 0.6 is 11.8 Å². The number of hydrogen-bond donors (Lipinski definition) is 1. The third-order valence-electron chi connectivity index (χ3n) is 5.18. The van der Waals surface area contributed by atoms with Crippen LogP contribution < -0.4 is 0 Å². The molecule has 0 aromatic heterocycles. The van der Waals surface area contributed by atoms with Crippen LogP contribution in [0.2, 0.25) is 0 Å². The lowest BCUT2D eigenvalue weighted by atomic mass is 9.74. The Balaban J connectivity index is 1.60. The van der Waals surface area contributed by atoms with E-state index < -0.39 is 11.4 Å². The molecule has 1 N–H and O–H groups in total. The molecule has 3 rings (SSSR count). The molecule has 7 heteroatoms. The van der Waals surface area contributed by atoms with E-state index in [0.717, 1.165) is 4.90 Å². The highest BCUT2D eigenvalue weighted by molar-refractivity contribution is 7.99. The van der Waals surface area contributed by atoms with Crippen LogP contribution in [0.25, 0.3) is 0 Å². The van der Waals surface area contributed by atoms with E-state index in [1.807, 2.05) is 6.92 Å². The summed E-state index contributed by atoms with van der Waals surface area (Å²) < 4.78 is 18.4. The van der Waals surface area contributed by atoms with Crippen molar-refractivity contribution in [1.82, 2.24) is 4.90 Å². The molecular formula is C18H22FNO4S. The smallest absolute Gasteiger partial charge is 0.311 e. The number of carbonyl (C=O) groups is 2. The van der Waals surface area contributed by atoms with Crippen molar-refractivity contribution in [3.05, 3.63) is 30.1 Å². The summed E-state index contributed by atoms with van der Waals surface area (Å²) in [6.45, 7) is 3.39. The Bertz CT molecular complexity index is 653. The molecule has 2 aliphatic rings. The number of rotatable bonds is 5. The summed E-state index contributed by atoms with van der Waals surface area (Å²) in [5.74, 6) is -0.938. The molecule has 1 amide bonds. The number of halogens is 1. The number of ether oxygens (including phenoxy) is 1. The molecule has 1 unspecified atom stereocenters. The van der Waals surface area contributed by atoms with Crippen LogP contribution in [0.1, 0.15) is 13.3 Å². The Morgan fingerprint density at radius 2 is 2.16 bits per heavy atom. The van der Waals surface area contributed by atoms with Gasteiger partial charge in [0.05, 0.1) is 12.0 Å². The first-order valence-corrected chi connectivity index (χ1v) is 9.39. The molecule has 0 bridgehead atoms. The molecule has 136 valence electrons. The van der Waals surface area contributed by atoms with Crippen molar-refractivity contribution in [2.24, 2.45) is 17.3 Å². The van der Waals surface area contributed by atoms with Gasteiger partial charge in [-0.3, -0.25) is 9.59 Å². The highest BCUT2D eigenvalue weighted by Crippen LogP contribution is 2.43. The Labute approximate surface area is 150 Å². The zero-order valence-corrected chi connectivity index (χ0v) is 14.9. The quantitative estimate of drug-likeness (QED) is 0.810. The molecule has 25 heavy (non-hydrogen) atoms. The van der Waals surface area contributed by atoms with Gasteiger partial charge < -0.3 is 14.7 Å². The SMILES string of the molecule is CC(CSc1ccc(F)cc1)C(=O)N1C[C@H]2COCC[C@@]2(C(=O)O)C1. The average Bonchev–Trinajstić information content (AvgIpc) is 3.01. The first-order valence-electron chi connectivity index (χ1n) is 8.40. The van der Waals surface area contributed by atoms with E-state index >= 15 is 0 Å². The Morgan fingerprint density at radius 1 is 1.44 bits per heavy atom. The molecule has 2 aliphatic heterocycles. The van der Waals surface area contributed by atoms with E-state index in [1.165, 1.54) is 23.9 Å². The molecule has 2 heterocycles. The van der Waals surface area contributed by atoms with Gasteiger partial charge in [-0.05, 0) is 30.7 Å². The highest BCUT2D eigenvalue weighted by Gasteiger charge is 2.55. The van der Waals surface area contributed by atoms with Gasteiger partial charge in [0.1, 0.15) is 5.82 Å². The molecule has 1 aromatic rings. The van der Waals surface area contributed by atoms with Crippen molar-refractivity contribution in [2.45, 2.75) is 18.2 Å². The van der Waals surface area contributed by atoms with E-state index in [9.17, 15) is 19.1 Å². The molecule has 2 saturated heterocycles. The van der Waals surface area contributed by atoms with Gasteiger partial charge in [-0.25, -0.2) is 4.39 Å². The van der Waals surface area contributed by atoms with E-state index in [0.29, 0.717) is 31.9 Å². The highest BCUT2D eigenvalue weighted by atomic mass is 32.2. The second-order valence-corrected chi connectivity index (χ2v) is 7.96. The van der Waals surface area contributed by atoms with Crippen molar-refractivity contribution in [3.63, 3.8) is 0 Å². The Hall–Kier alpha value is -1.60. The number of benzene rings is 1. The zero-order chi connectivity index (χ0) is 18.0. The number of thioether (sulfide) groups is 1. The van der Waals surface area contributed by atoms with Crippen molar-refractivity contribution in [3.8, 4) is 0 Å². The predicted octanol–water partition coefficient (Wildman–Crippen LogP) is 2.50. The molecule has 5 nitrogen and oxygen atoms in total. The van der Waals surface area contributed by atoms with Crippen LogP contribution in [0.15, 0.2) is 29.2 Å². The number of fused-ring (bicyclic) bond motifs is 1. The first-order chi connectivity index (χ1) is 11.9. The maximum Gasteiger partial charge on any atom is 0.311 e. The summed E-state index contributed by atoms with van der Waals surface area (Å²) in [5, 5.41) is 9.68. The standard InChI is InChI=1S/C18H22FNO4S/c1-12(10-25-15-4-2-14(19)3-5-15)16(21)20-8-13-9-24-7-6-18(13,11-20)17(22)23/h2-5,12-13H,6-11H2,1H3,(H,22,23)/t12?,13-,18+/m0/s1. The lowest BCUT2D eigenvalue weighted by Crippen LogP contribution is -2.45. The lowest BCUT2D eigenvalue weighted by molar-refractivity contribution is -0.157. The van der Waals surface area contributed by atoms with Gasteiger partial charge in [0.25, 0.3) is 0 Å². The van der Waals surface area contributed by atoms with Crippen molar-refractivity contribution in [1.29, 1.82) is 0 Å². The fraction of sp³-hybridized carbons (Fsp3) is 0.556. The van der Waals surface area contributed by atoms with Gasteiger partial charge in [-0.2, -0.15) is 0 Å². The fourth-order valence-corrected chi connectivity index (χ4v) is 4.52. The maximum atomic E-state index is 12.9. The number of aliphatic carboxylic acids is 1. The van der Waals surface area contributed by atoms with Gasteiger partial charge >= 0.3 is 5.97 Å². The van der Waals surface area contributed by atoms with Gasteiger partial charge in [-0.15, -0.1) is 11.8 Å². The van der Waals surface area contributed by atoms with Crippen LogP contribution in [0.5, 0.6) is 0 Å². The minimum Gasteiger partial charge on any atom is -0.481 e. The van der Waals surface area contributed by atoms with Gasteiger partial charge in [0.15, 0.2) is 0 Å². The zero-order valence-electron chi connectivity index (χ0n) is 14.1. The fourth-order valence-electron chi connectivity index (χ4n) is 3.60. The Morgan fingerprint density at radius 3 is 2.80 bits per heavy atom. The predicted molar refractivity (Wildman–Crippen MR) is 91.9 cm³/mol. The topological polar surface area (TPSA) is 66.8 Å². The van der Waals surface area contributed by atoms with Crippen LogP contribution in [-0.2, 0) is 14.3 Å². The first kappa shape index (κ1) is 18.2. The third kappa shape index (κ3) is 3.67. The van der Waals surface area contributed by atoms with Crippen LogP contribution in [0, 0.1) is 23.1 Å². The normalized spacial score (nSPS) is 27.0. The van der Waals surface area contributed by atoms with E-state index in [1.54, 1.807) is 17.0 Å². The largest absolute Gasteiger partial charge is 0.481 e. The van der Waals surface area contributed by atoms with Crippen LogP contribution in [0.4, 0.5) is 4.39 Å². The molecular weight excluding hydrogens is 345 g/mol. The van der Waals surface area contributed by atoms with Crippen LogP contribution in [0.3, 0.4) is 0 Å². The number of likely N-dealkylation sites (tertiary alicyclic amines) is 1. The summed E-state index contributed by atoms with van der Waals surface area (Å²) in [5.41, 5.74) is -0.863. The average molecular weight is 367 g/mol. The van der Waals surface area contributed by atoms with Crippen molar-refractivity contribution >= 4 is 23.6 Å². The molecule has 1 aromatic carbocycles. The summed E-state index contributed by atoms with van der Waals surface area (Å²) in [6.07, 6.45) is 0.454. The summed E-state index contributed by atoms with van der Waals surface area (Å²) >= 11 is 1.50. The van der Waals surface area contributed by atoms with Crippen molar-refractivity contribution < 1.29 is 23.8 Å². The second-order valence-electron chi connectivity index (χ2n) is 6.87. The van der Waals surface area contributed by atoms with Gasteiger partial charge in [0, 0.05) is 42.2 Å². The molecule has 0 aliphatic carbocycles.